The van der Waals surface area contributed by atoms with Gasteiger partial charge in [0, 0.05) is 25.5 Å². The van der Waals surface area contributed by atoms with E-state index in [1.165, 1.54) is 50.8 Å². The van der Waals surface area contributed by atoms with Crippen molar-refractivity contribution in [2.45, 2.75) is 69.9 Å². The summed E-state index contributed by atoms with van der Waals surface area (Å²) in [7, 11) is -13.4. The van der Waals surface area contributed by atoms with Crippen LogP contribution in [-0.4, -0.2) is 27.9 Å². The zero-order chi connectivity index (χ0) is 23.6. The van der Waals surface area contributed by atoms with Gasteiger partial charge in [-0.25, -0.2) is 21.4 Å². The molecule has 1 rings (SSSR count). The summed E-state index contributed by atoms with van der Waals surface area (Å²) in [5.74, 6) is 0. The van der Waals surface area contributed by atoms with Crippen molar-refractivity contribution in [3.63, 3.8) is 0 Å². The minimum atomic E-state index is -6.72. The van der Waals surface area contributed by atoms with E-state index in [2.05, 4.69) is 42.8 Å². The highest BCUT2D eigenvalue weighted by Crippen LogP contribution is 2.36. The van der Waals surface area contributed by atoms with Gasteiger partial charge in [-0.1, -0.05) is 38.7 Å². The lowest BCUT2D eigenvalue weighted by Crippen LogP contribution is -2.36. The first-order valence-electron chi connectivity index (χ1n) is 8.87. The Morgan fingerprint density at radius 2 is 1.30 bits per heavy atom. The molecule has 14 heteroatoms. The van der Waals surface area contributed by atoms with Crippen LogP contribution < -0.4 is 4.57 Å². The molecule has 1 aromatic heterocycles. The first-order valence-corrected chi connectivity index (χ1v) is 11.7. The minimum absolute atomic E-state index is 0.778. The molecule has 0 saturated carbocycles. The van der Waals surface area contributed by atoms with Crippen LogP contribution in [-0.2, 0) is 26.6 Å². The summed E-state index contributed by atoms with van der Waals surface area (Å²) in [6.45, 7) is 5.62. The molecule has 0 atom stereocenters. The number of aryl methyl sites for hydroxylation is 2. The fourth-order valence-corrected chi connectivity index (χ4v) is 3.80. The standard InChI is InChI=1S/C14H24N.C2F6NO4S2/c1-3-4-5-6-7-9-12-15-13-10-8-11-14(15)2;3-1(4,5)14(10,11)9-15(12,13)2(6,7)8/h8,10-11,13H,3-7,9,12H2,1-2H3;/q+1;-1. The highest BCUT2D eigenvalue weighted by Gasteiger charge is 2.46. The van der Waals surface area contributed by atoms with Crippen molar-refractivity contribution in [3.05, 3.63) is 34.2 Å². The van der Waals surface area contributed by atoms with Crippen LogP contribution in [0.4, 0.5) is 26.3 Å². The average Bonchev–Trinajstić information content (AvgIpc) is 2.57. The van der Waals surface area contributed by atoms with Crippen molar-refractivity contribution < 1.29 is 47.7 Å². The Bertz CT molecular complexity index is 811. The minimum Gasteiger partial charge on any atom is -0.421 e. The molecule has 0 saturated heterocycles. The van der Waals surface area contributed by atoms with Gasteiger partial charge in [0.1, 0.15) is 6.54 Å². The van der Waals surface area contributed by atoms with Crippen LogP contribution in [0.5, 0.6) is 0 Å². The van der Waals surface area contributed by atoms with E-state index in [9.17, 15) is 43.2 Å². The van der Waals surface area contributed by atoms with Crippen LogP contribution in [0.1, 0.15) is 51.1 Å². The molecule has 0 aliphatic carbocycles. The molecule has 0 bridgehead atoms. The van der Waals surface area contributed by atoms with Gasteiger partial charge in [0.25, 0.3) is 0 Å². The predicted octanol–water partition coefficient (Wildman–Crippen LogP) is 4.70. The quantitative estimate of drug-likeness (QED) is 0.288. The number of unbranched alkanes of at least 4 members (excludes halogenated alkanes) is 5. The van der Waals surface area contributed by atoms with Crippen LogP contribution in [0.25, 0.3) is 4.13 Å². The van der Waals surface area contributed by atoms with Crippen LogP contribution in [0, 0.1) is 6.92 Å². The second-order valence-electron chi connectivity index (χ2n) is 6.22. The molecule has 0 radical (unpaired) electrons. The molecule has 0 fully saturated rings. The summed E-state index contributed by atoms with van der Waals surface area (Å²) in [5.41, 5.74) is -11.0. The summed E-state index contributed by atoms with van der Waals surface area (Å²) < 4.78 is 112. The SMILES string of the molecule is CCCCCCCC[n+]1ccccc1C.O=S(=O)([N-]S(=O)(=O)C(F)(F)F)C(F)(F)F. The fourth-order valence-electron chi connectivity index (χ4n) is 2.09. The van der Waals surface area contributed by atoms with Gasteiger partial charge in [-0.05, 0) is 6.42 Å². The molecule has 0 N–H and O–H groups in total. The number of halogens is 6. The van der Waals surface area contributed by atoms with Crippen molar-refractivity contribution in [1.82, 2.24) is 0 Å². The molecule has 0 aliphatic heterocycles. The summed E-state index contributed by atoms with van der Waals surface area (Å²) in [5, 5.41) is 0. The van der Waals surface area contributed by atoms with Gasteiger partial charge in [-0.2, -0.15) is 26.3 Å². The molecule has 0 spiro atoms. The number of rotatable bonds is 9. The van der Waals surface area contributed by atoms with E-state index >= 15 is 0 Å². The number of nitrogens with zero attached hydrogens (tertiary/aromatic N) is 2. The van der Waals surface area contributed by atoms with Gasteiger partial charge in [0.15, 0.2) is 31.9 Å². The number of alkyl halides is 6. The van der Waals surface area contributed by atoms with Crippen molar-refractivity contribution in [1.29, 1.82) is 0 Å². The van der Waals surface area contributed by atoms with E-state index in [-0.39, 0.29) is 0 Å². The maximum absolute atomic E-state index is 11.4. The van der Waals surface area contributed by atoms with E-state index in [0.717, 1.165) is 4.13 Å². The lowest BCUT2D eigenvalue weighted by Gasteiger charge is -2.22. The van der Waals surface area contributed by atoms with Gasteiger partial charge in [-0.3, -0.25) is 0 Å². The smallest absolute Gasteiger partial charge is 0.421 e. The third-order valence-corrected chi connectivity index (χ3v) is 6.44. The van der Waals surface area contributed by atoms with Gasteiger partial charge in [0.05, 0.1) is 0 Å². The Labute approximate surface area is 172 Å². The van der Waals surface area contributed by atoms with E-state index in [0.29, 0.717) is 0 Å². The van der Waals surface area contributed by atoms with Crippen LogP contribution in [0.3, 0.4) is 0 Å². The Morgan fingerprint density at radius 3 is 1.73 bits per heavy atom. The van der Waals surface area contributed by atoms with Crippen LogP contribution in [0.15, 0.2) is 24.4 Å². The Morgan fingerprint density at radius 1 is 0.833 bits per heavy atom. The summed E-state index contributed by atoms with van der Waals surface area (Å²) in [6, 6.07) is 6.40. The average molecular weight is 487 g/mol. The molecule has 1 heterocycles. The van der Waals surface area contributed by atoms with Crippen molar-refractivity contribution in [3.8, 4) is 0 Å². The number of hydrogen-bond acceptors (Lipinski definition) is 4. The third kappa shape index (κ3) is 10.1. The third-order valence-electron chi connectivity index (χ3n) is 3.70. The normalized spacial score (nSPS) is 12.9. The van der Waals surface area contributed by atoms with Gasteiger partial charge in [0.2, 0.25) is 0 Å². The summed E-state index contributed by atoms with van der Waals surface area (Å²) in [4.78, 5) is 0. The lowest BCUT2D eigenvalue weighted by atomic mass is 10.1. The van der Waals surface area contributed by atoms with E-state index in [1.54, 1.807) is 0 Å². The maximum atomic E-state index is 11.4. The maximum Gasteiger partial charge on any atom is 0.480 e. The molecule has 6 nitrogen and oxygen atoms in total. The first kappa shape index (κ1) is 28.6. The van der Waals surface area contributed by atoms with Gasteiger partial charge < -0.3 is 4.13 Å². The predicted molar refractivity (Wildman–Crippen MR) is 98.1 cm³/mol. The summed E-state index contributed by atoms with van der Waals surface area (Å²) >= 11 is 0. The molecule has 30 heavy (non-hydrogen) atoms. The van der Waals surface area contributed by atoms with Crippen molar-refractivity contribution in [2.24, 2.45) is 0 Å². The Hall–Kier alpha value is -1.41. The zero-order valence-corrected chi connectivity index (χ0v) is 18.0. The molecular formula is C16H24F6N2O4S2. The first-order chi connectivity index (χ1) is 13.5. The summed E-state index contributed by atoms with van der Waals surface area (Å²) in [6.07, 6.45) is 10.4. The Balaban J connectivity index is 0.000000561. The second-order valence-corrected chi connectivity index (χ2v) is 9.64. The molecule has 0 unspecified atom stereocenters. The number of hydrogen-bond donors (Lipinski definition) is 0. The number of aromatic nitrogens is 1. The van der Waals surface area contributed by atoms with Crippen LogP contribution >= 0.6 is 0 Å². The van der Waals surface area contributed by atoms with Crippen molar-refractivity contribution in [2.75, 3.05) is 0 Å². The highest BCUT2D eigenvalue weighted by atomic mass is 32.3. The monoisotopic (exact) mass is 486 g/mol. The largest absolute Gasteiger partial charge is 0.480 e. The van der Waals surface area contributed by atoms with Gasteiger partial charge in [-0.15, -0.1) is 0 Å². The molecular weight excluding hydrogens is 462 g/mol. The molecule has 0 amide bonds. The molecule has 0 aliphatic rings. The highest BCUT2D eigenvalue weighted by molar-refractivity contribution is 8.13. The number of sulfonamides is 2. The van der Waals surface area contributed by atoms with E-state index in [1.807, 2.05) is 0 Å². The van der Waals surface area contributed by atoms with E-state index in [4.69, 9.17) is 0 Å². The lowest BCUT2D eigenvalue weighted by molar-refractivity contribution is -0.703. The van der Waals surface area contributed by atoms with Gasteiger partial charge >= 0.3 is 11.0 Å². The van der Waals surface area contributed by atoms with Crippen molar-refractivity contribution >= 4 is 20.0 Å². The Kier molecular flexibility index (Phi) is 11.3. The molecule has 176 valence electrons. The topological polar surface area (TPSA) is 86.3 Å². The molecule has 1 aromatic rings. The second kappa shape index (κ2) is 11.8. The zero-order valence-electron chi connectivity index (χ0n) is 16.4. The fraction of sp³-hybridized carbons (Fsp3) is 0.688. The van der Waals surface area contributed by atoms with Crippen LogP contribution in [0.2, 0.25) is 0 Å². The van der Waals surface area contributed by atoms with E-state index < -0.39 is 31.1 Å². The molecule has 0 aromatic carbocycles. The number of pyridine rings is 1.